The predicted octanol–water partition coefficient (Wildman–Crippen LogP) is 1.89. The molecule has 1 aromatic carbocycles. The predicted molar refractivity (Wildman–Crippen MR) is 120 cm³/mol. The van der Waals surface area contributed by atoms with Crippen molar-refractivity contribution in [2.24, 2.45) is 0 Å². The third kappa shape index (κ3) is 10.1. The Hall–Kier alpha value is -3.54. The van der Waals surface area contributed by atoms with Gasteiger partial charge in [0.2, 0.25) is 0 Å². The maximum Gasteiger partial charge on any atom is 0.475 e. The average molecular weight is 512 g/mol. The molecule has 0 radical (unpaired) electrons. The number of para-hydroxylation sites is 1. The van der Waals surface area contributed by atoms with Gasteiger partial charge in [-0.25, -0.2) is 14.3 Å². The number of amides is 1. The first-order chi connectivity index (χ1) is 16.6. The molecule has 13 nitrogen and oxygen atoms in total. The molecule has 14 heteroatoms. The van der Waals surface area contributed by atoms with Crippen LogP contribution >= 0.6 is 7.75 Å². The van der Waals surface area contributed by atoms with Gasteiger partial charge in [-0.15, -0.1) is 0 Å². The van der Waals surface area contributed by atoms with Crippen molar-refractivity contribution >= 4 is 19.6 Å². The number of carbonyl (C=O) groups is 2. The summed E-state index contributed by atoms with van der Waals surface area (Å²) in [5, 5.41) is 12.8. The fourth-order valence-electron chi connectivity index (χ4n) is 2.60. The average Bonchev–Trinajstić information content (AvgIpc) is 2.80. The minimum absolute atomic E-state index is 0.0298. The number of aromatic nitrogens is 1. The second kappa shape index (κ2) is 13.4. The number of nitrogens with zero attached hydrogens (tertiary/aromatic N) is 2. The summed E-state index contributed by atoms with van der Waals surface area (Å²) in [4.78, 5) is 39.0. The molecule has 35 heavy (non-hydrogen) atoms. The summed E-state index contributed by atoms with van der Waals surface area (Å²) in [6.45, 7) is 4.31. The number of ether oxygens (including phenoxy) is 1. The molecular formula is C21H29N4O9P+2. The van der Waals surface area contributed by atoms with Crippen LogP contribution in [0.2, 0.25) is 0 Å². The zero-order valence-electron chi connectivity index (χ0n) is 19.5. The quantitative estimate of drug-likeness (QED) is 0.112. The van der Waals surface area contributed by atoms with Gasteiger partial charge in [0.05, 0.1) is 12.6 Å². The topological polar surface area (TPSA) is 156 Å². The molecule has 0 bridgehead atoms. The van der Waals surface area contributed by atoms with Crippen LogP contribution in [0.15, 0.2) is 54.9 Å². The third-order valence-corrected chi connectivity index (χ3v) is 5.72. The van der Waals surface area contributed by atoms with E-state index < -0.39 is 30.8 Å². The smallest absolute Gasteiger partial charge is 0.462 e. The number of pyridine rings is 1. The van der Waals surface area contributed by atoms with E-state index in [0.717, 1.165) is 0 Å². The van der Waals surface area contributed by atoms with Crippen molar-refractivity contribution in [1.82, 2.24) is 10.4 Å². The van der Waals surface area contributed by atoms with Crippen LogP contribution < -0.4 is 19.5 Å². The summed E-state index contributed by atoms with van der Waals surface area (Å²) < 4.78 is 31.2. The van der Waals surface area contributed by atoms with E-state index in [1.165, 1.54) is 23.8 Å². The first-order valence-electron chi connectivity index (χ1n) is 10.6. The minimum Gasteiger partial charge on any atom is -0.462 e. The SMILES string of the molecule is CC(C)OC(=O)[C@H](C)NP(=O)(OC[n+]1cccc(C(=O)NCCO[N+](=O)O)c1)Oc1ccccc1. The Balaban J connectivity index is 2.09. The van der Waals surface area contributed by atoms with Gasteiger partial charge in [0, 0.05) is 6.07 Å². The highest BCUT2D eigenvalue weighted by molar-refractivity contribution is 7.52. The maximum absolute atomic E-state index is 13.5. The Morgan fingerprint density at radius 2 is 1.86 bits per heavy atom. The normalized spacial score (nSPS) is 13.4. The van der Waals surface area contributed by atoms with E-state index in [2.05, 4.69) is 15.2 Å². The highest BCUT2D eigenvalue weighted by Crippen LogP contribution is 2.44. The fourth-order valence-corrected chi connectivity index (χ4v) is 4.05. The van der Waals surface area contributed by atoms with Crippen LogP contribution in [0, 0.1) is 4.91 Å². The summed E-state index contributed by atoms with van der Waals surface area (Å²) in [6, 6.07) is 10.4. The van der Waals surface area contributed by atoms with Crippen LogP contribution in [0.25, 0.3) is 0 Å². The molecule has 0 spiro atoms. The lowest BCUT2D eigenvalue weighted by Gasteiger charge is -2.22. The summed E-state index contributed by atoms with van der Waals surface area (Å²) in [5.74, 6) is -0.852. The first-order valence-corrected chi connectivity index (χ1v) is 12.2. The van der Waals surface area contributed by atoms with E-state index in [1.807, 2.05) is 0 Å². The van der Waals surface area contributed by atoms with Gasteiger partial charge in [-0.05, 0) is 39.0 Å². The van der Waals surface area contributed by atoms with E-state index in [9.17, 15) is 19.1 Å². The Morgan fingerprint density at radius 1 is 1.14 bits per heavy atom. The molecule has 1 unspecified atom stereocenters. The lowest BCUT2D eigenvalue weighted by atomic mass is 10.2. The number of rotatable bonds is 14. The van der Waals surface area contributed by atoms with Gasteiger partial charge < -0.3 is 14.6 Å². The molecule has 0 saturated heterocycles. The van der Waals surface area contributed by atoms with Gasteiger partial charge in [0.1, 0.15) is 22.3 Å². The molecule has 190 valence electrons. The highest BCUT2D eigenvalue weighted by atomic mass is 31.2. The highest BCUT2D eigenvalue weighted by Gasteiger charge is 2.34. The number of nitrogens with one attached hydrogen (secondary N) is 2. The summed E-state index contributed by atoms with van der Waals surface area (Å²) >= 11 is 0. The monoisotopic (exact) mass is 512 g/mol. The Kier molecular flexibility index (Phi) is 10.6. The van der Waals surface area contributed by atoms with Crippen molar-refractivity contribution in [1.29, 1.82) is 0 Å². The van der Waals surface area contributed by atoms with Crippen LogP contribution in [0.5, 0.6) is 5.75 Å². The number of hydrogen-bond acceptors (Lipinski definition) is 8. The zero-order valence-corrected chi connectivity index (χ0v) is 20.4. The van der Waals surface area contributed by atoms with Crippen molar-refractivity contribution in [3.05, 3.63) is 65.3 Å². The van der Waals surface area contributed by atoms with Crippen molar-refractivity contribution in [3.63, 3.8) is 0 Å². The molecule has 2 rings (SSSR count). The molecule has 2 aromatic rings. The summed E-state index contributed by atoms with van der Waals surface area (Å²) in [5.41, 5.74) is 0.236. The fraction of sp³-hybridized carbons (Fsp3) is 0.381. The van der Waals surface area contributed by atoms with E-state index in [-0.39, 0.29) is 37.3 Å². The van der Waals surface area contributed by atoms with Crippen molar-refractivity contribution < 1.29 is 47.6 Å². The van der Waals surface area contributed by atoms with Crippen LogP contribution in [0.3, 0.4) is 0 Å². The van der Waals surface area contributed by atoms with Gasteiger partial charge in [0.25, 0.3) is 12.6 Å². The third-order valence-electron chi connectivity index (χ3n) is 4.11. The van der Waals surface area contributed by atoms with Crippen molar-refractivity contribution in [2.45, 2.75) is 39.6 Å². The molecule has 0 aliphatic carbocycles. The van der Waals surface area contributed by atoms with Crippen LogP contribution in [0.1, 0.15) is 31.1 Å². The molecule has 2 atom stereocenters. The molecule has 1 aromatic heterocycles. The number of esters is 1. The molecule has 0 aliphatic heterocycles. The van der Waals surface area contributed by atoms with Gasteiger partial charge in [-0.2, -0.15) is 14.5 Å². The van der Waals surface area contributed by atoms with Gasteiger partial charge >= 0.3 is 18.8 Å². The number of hydrogen-bond donors (Lipinski definition) is 3. The van der Waals surface area contributed by atoms with E-state index in [4.69, 9.17) is 19.0 Å². The Labute approximate surface area is 202 Å². The number of benzene rings is 1. The maximum atomic E-state index is 13.5. The molecule has 0 saturated carbocycles. The Bertz CT molecular complexity index is 1050. The largest absolute Gasteiger partial charge is 0.475 e. The molecule has 0 fully saturated rings. The lowest BCUT2D eigenvalue weighted by Crippen LogP contribution is -2.40. The van der Waals surface area contributed by atoms with E-state index in [1.54, 1.807) is 56.4 Å². The van der Waals surface area contributed by atoms with Gasteiger partial charge in [0.15, 0.2) is 19.0 Å². The summed E-state index contributed by atoms with van der Waals surface area (Å²) in [7, 11) is -4.08. The zero-order chi connectivity index (χ0) is 25.8. The van der Waals surface area contributed by atoms with Crippen molar-refractivity contribution in [2.75, 3.05) is 13.2 Å². The Morgan fingerprint density at radius 3 is 2.51 bits per heavy atom. The second-order valence-electron chi connectivity index (χ2n) is 7.43. The molecular weight excluding hydrogens is 483 g/mol. The number of carbonyl (C=O) groups excluding carboxylic acids is 2. The van der Waals surface area contributed by atoms with Crippen LogP contribution in [-0.2, 0) is 30.2 Å². The van der Waals surface area contributed by atoms with E-state index >= 15 is 0 Å². The summed E-state index contributed by atoms with van der Waals surface area (Å²) in [6.07, 6.45) is 2.65. The molecule has 3 N–H and O–H groups in total. The molecule has 1 amide bonds. The van der Waals surface area contributed by atoms with Crippen LogP contribution in [0.4, 0.5) is 0 Å². The van der Waals surface area contributed by atoms with Crippen molar-refractivity contribution in [3.8, 4) is 5.75 Å². The second-order valence-corrected chi connectivity index (χ2v) is 9.12. The van der Waals surface area contributed by atoms with Crippen LogP contribution in [-0.4, -0.2) is 47.5 Å². The van der Waals surface area contributed by atoms with Gasteiger partial charge in [-0.1, -0.05) is 18.2 Å². The van der Waals surface area contributed by atoms with Gasteiger partial charge in [-0.3, -0.25) is 9.59 Å². The molecule has 0 aliphatic rings. The van der Waals surface area contributed by atoms with E-state index in [0.29, 0.717) is 0 Å². The standard InChI is InChI=1S/C21H28N4O9P/c1-16(2)33-21(27)17(3)23-35(30,34-19-9-5-4-6-10-19)32-15-24-12-7-8-18(14-24)20(26)22-11-13-31-25(28)29/h4-10,12,14,16-17H,11,13,15H2,1-3H3,(H2-,22,23,26,28,29,30)/q+1/p+1/t17-,35?/m0/s1. The molecule has 1 heterocycles. The first kappa shape index (κ1) is 27.7. The lowest BCUT2D eigenvalue weighted by molar-refractivity contribution is -0.975. The minimum atomic E-state index is -4.08.